The third kappa shape index (κ3) is 3.00. The zero-order valence-corrected chi connectivity index (χ0v) is 13.5. The molecule has 120 valence electrons. The molecule has 0 aliphatic heterocycles. The number of halogens is 1. The number of para-hydroxylation sites is 1. The van der Waals surface area contributed by atoms with E-state index in [9.17, 15) is 10.1 Å². The molecule has 0 aliphatic carbocycles. The number of carbonyl (C=O) groups is 1. The fourth-order valence-electron chi connectivity index (χ4n) is 2.18. The molecular formula is C16H13ClN6O. The SMILES string of the molecule is CC(C(=O)Nc1c(C#N)cnn1-c1ccccc1)n1cc(Cl)cn1. The molecule has 1 aromatic carbocycles. The summed E-state index contributed by atoms with van der Waals surface area (Å²) in [5.74, 6) is -0.0113. The highest BCUT2D eigenvalue weighted by Crippen LogP contribution is 2.21. The van der Waals surface area contributed by atoms with Crippen LogP contribution in [0.25, 0.3) is 5.69 Å². The van der Waals surface area contributed by atoms with Gasteiger partial charge in [0.05, 0.1) is 23.1 Å². The number of amides is 1. The lowest BCUT2D eigenvalue weighted by Crippen LogP contribution is -2.25. The molecule has 1 N–H and O–H groups in total. The van der Waals surface area contributed by atoms with Crippen molar-refractivity contribution in [2.24, 2.45) is 0 Å². The van der Waals surface area contributed by atoms with Gasteiger partial charge in [0.1, 0.15) is 17.7 Å². The molecule has 3 aromatic rings. The van der Waals surface area contributed by atoms with E-state index >= 15 is 0 Å². The van der Waals surface area contributed by atoms with E-state index in [1.807, 2.05) is 36.4 Å². The van der Waals surface area contributed by atoms with Gasteiger partial charge in [-0.25, -0.2) is 4.68 Å². The van der Waals surface area contributed by atoms with Crippen LogP contribution in [-0.2, 0) is 4.79 Å². The number of hydrogen-bond donors (Lipinski definition) is 1. The van der Waals surface area contributed by atoms with Gasteiger partial charge in [-0.3, -0.25) is 9.48 Å². The Bertz CT molecular complexity index is 908. The zero-order chi connectivity index (χ0) is 17.1. The summed E-state index contributed by atoms with van der Waals surface area (Å²) in [5, 5.41) is 20.7. The number of carbonyl (C=O) groups excluding carboxylic acids is 1. The van der Waals surface area contributed by atoms with E-state index in [2.05, 4.69) is 15.5 Å². The smallest absolute Gasteiger partial charge is 0.250 e. The molecule has 0 saturated carbocycles. The molecule has 8 heteroatoms. The van der Waals surface area contributed by atoms with Crippen LogP contribution in [0, 0.1) is 11.3 Å². The Morgan fingerprint density at radius 1 is 1.29 bits per heavy atom. The van der Waals surface area contributed by atoms with Crippen LogP contribution in [-0.4, -0.2) is 25.5 Å². The maximum atomic E-state index is 12.5. The van der Waals surface area contributed by atoms with Crippen molar-refractivity contribution in [3.63, 3.8) is 0 Å². The van der Waals surface area contributed by atoms with Crippen LogP contribution in [0.1, 0.15) is 18.5 Å². The number of anilines is 1. The number of hydrogen-bond acceptors (Lipinski definition) is 4. The second kappa shape index (κ2) is 6.56. The molecular weight excluding hydrogens is 328 g/mol. The third-order valence-corrected chi connectivity index (χ3v) is 3.67. The minimum absolute atomic E-state index is 0.276. The number of rotatable bonds is 4. The molecule has 0 fully saturated rings. The zero-order valence-electron chi connectivity index (χ0n) is 12.7. The van der Waals surface area contributed by atoms with Gasteiger partial charge in [-0.2, -0.15) is 15.5 Å². The molecule has 1 atom stereocenters. The predicted molar refractivity (Wildman–Crippen MR) is 88.9 cm³/mol. The molecule has 0 aliphatic rings. The summed E-state index contributed by atoms with van der Waals surface area (Å²) in [7, 11) is 0. The highest BCUT2D eigenvalue weighted by atomic mass is 35.5. The lowest BCUT2D eigenvalue weighted by Gasteiger charge is -2.14. The topological polar surface area (TPSA) is 88.5 Å². The van der Waals surface area contributed by atoms with Crippen LogP contribution >= 0.6 is 11.6 Å². The Labute approximate surface area is 143 Å². The largest absolute Gasteiger partial charge is 0.308 e. The number of aromatic nitrogens is 4. The number of nitrogens with one attached hydrogen (secondary N) is 1. The monoisotopic (exact) mass is 340 g/mol. The van der Waals surface area contributed by atoms with Gasteiger partial charge in [0.25, 0.3) is 0 Å². The summed E-state index contributed by atoms with van der Waals surface area (Å²) >= 11 is 5.83. The van der Waals surface area contributed by atoms with Crippen LogP contribution in [0.3, 0.4) is 0 Å². The number of nitrogens with zero attached hydrogens (tertiary/aromatic N) is 5. The minimum Gasteiger partial charge on any atom is -0.308 e. The van der Waals surface area contributed by atoms with E-state index in [4.69, 9.17) is 11.6 Å². The van der Waals surface area contributed by atoms with Crippen molar-refractivity contribution in [3.8, 4) is 11.8 Å². The second-order valence-electron chi connectivity index (χ2n) is 5.07. The van der Waals surface area contributed by atoms with Gasteiger partial charge < -0.3 is 5.32 Å². The van der Waals surface area contributed by atoms with Crippen LogP contribution in [0.15, 0.2) is 48.9 Å². The average molecular weight is 341 g/mol. The van der Waals surface area contributed by atoms with Crippen LogP contribution in [0.2, 0.25) is 5.02 Å². The summed E-state index contributed by atoms with van der Waals surface area (Å²) in [6, 6.07) is 10.7. The van der Waals surface area contributed by atoms with E-state index in [0.717, 1.165) is 5.69 Å². The molecule has 3 rings (SSSR count). The van der Waals surface area contributed by atoms with Gasteiger partial charge in [-0.05, 0) is 19.1 Å². The molecule has 2 heterocycles. The van der Waals surface area contributed by atoms with Crippen molar-refractivity contribution in [2.45, 2.75) is 13.0 Å². The lowest BCUT2D eigenvalue weighted by molar-refractivity contribution is -0.119. The molecule has 0 saturated heterocycles. The molecule has 0 radical (unpaired) electrons. The normalized spacial score (nSPS) is 11.7. The Balaban J connectivity index is 1.91. The Morgan fingerprint density at radius 3 is 2.67 bits per heavy atom. The number of nitriles is 1. The molecule has 7 nitrogen and oxygen atoms in total. The Hall–Kier alpha value is -3.11. The molecule has 2 aromatic heterocycles. The molecule has 0 bridgehead atoms. The minimum atomic E-state index is -0.594. The van der Waals surface area contributed by atoms with Crippen molar-refractivity contribution in [1.82, 2.24) is 19.6 Å². The van der Waals surface area contributed by atoms with Crippen molar-refractivity contribution in [1.29, 1.82) is 5.26 Å². The summed E-state index contributed by atoms with van der Waals surface area (Å²) < 4.78 is 2.96. The summed E-state index contributed by atoms with van der Waals surface area (Å²) in [6.45, 7) is 1.69. The van der Waals surface area contributed by atoms with Crippen molar-refractivity contribution in [3.05, 3.63) is 59.5 Å². The van der Waals surface area contributed by atoms with Crippen LogP contribution in [0.4, 0.5) is 5.82 Å². The van der Waals surface area contributed by atoms with Crippen LogP contribution in [0.5, 0.6) is 0 Å². The first-order valence-corrected chi connectivity index (χ1v) is 7.52. The molecule has 24 heavy (non-hydrogen) atoms. The Morgan fingerprint density at radius 2 is 2.04 bits per heavy atom. The summed E-state index contributed by atoms with van der Waals surface area (Å²) in [5.41, 5.74) is 1.02. The van der Waals surface area contributed by atoms with Crippen molar-refractivity contribution in [2.75, 3.05) is 5.32 Å². The van der Waals surface area contributed by atoms with Gasteiger partial charge in [0.2, 0.25) is 5.91 Å². The molecule has 0 spiro atoms. The van der Waals surface area contributed by atoms with E-state index in [-0.39, 0.29) is 11.5 Å². The first kappa shape index (κ1) is 15.8. The first-order valence-electron chi connectivity index (χ1n) is 7.14. The van der Waals surface area contributed by atoms with E-state index in [1.54, 1.807) is 13.1 Å². The van der Waals surface area contributed by atoms with Gasteiger partial charge in [-0.1, -0.05) is 29.8 Å². The van der Waals surface area contributed by atoms with Gasteiger partial charge in [0, 0.05) is 6.20 Å². The van der Waals surface area contributed by atoms with Crippen molar-refractivity contribution < 1.29 is 4.79 Å². The summed E-state index contributed by atoms with van der Waals surface area (Å²) in [4.78, 5) is 12.5. The van der Waals surface area contributed by atoms with Gasteiger partial charge in [-0.15, -0.1) is 0 Å². The molecule has 1 unspecified atom stereocenters. The highest BCUT2D eigenvalue weighted by Gasteiger charge is 2.20. The fraction of sp³-hybridized carbons (Fsp3) is 0.125. The fourth-order valence-corrected chi connectivity index (χ4v) is 2.33. The van der Waals surface area contributed by atoms with E-state index in [0.29, 0.717) is 10.8 Å². The molecule has 1 amide bonds. The van der Waals surface area contributed by atoms with Gasteiger partial charge >= 0.3 is 0 Å². The average Bonchev–Trinajstić information content (AvgIpc) is 3.21. The first-order chi connectivity index (χ1) is 11.6. The maximum Gasteiger partial charge on any atom is 0.250 e. The standard InChI is InChI=1S/C16H13ClN6O/c1-11(22-10-13(17)9-19-22)16(24)21-15-12(7-18)8-20-23(15)14-5-3-2-4-6-14/h2-6,8-11H,1H3,(H,21,24). The Kier molecular flexibility index (Phi) is 4.31. The maximum absolute atomic E-state index is 12.5. The number of benzene rings is 1. The quantitative estimate of drug-likeness (QED) is 0.791. The predicted octanol–water partition coefficient (Wildman–Crippen LogP) is 2.79. The van der Waals surface area contributed by atoms with Gasteiger partial charge in [0.15, 0.2) is 5.82 Å². The third-order valence-electron chi connectivity index (χ3n) is 3.48. The highest BCUT2D eigenvalue weighted by molar-refractivity contribution is 6.30. The van der Waals surface area contributed by atoms with E-state index in [1.165, 1.54) is 21.8 Å². The van der Waals surface area contributed by atoms with Crippen LogP contribution < -0.4 is 5.32 Å². The lowest BCUT2D eigenvalue weighted by atomic mass is 10.3. The summed E-state index contributed by atoms with van der Waals surface area (Å²) in [6.07, 6.45) is 4.43. The van der Waals surface area contributed by atoms with Crippen molar-refractivity contribution >= 4 is 23.3 Å². The van der Waals surface area contributed by atoms with E-state index < -0.39 is 6.04 Å². The second-order valence-corrected chi connectivity index (χ2v) is 5.51.